The van der Waals surface area contributed by atoms with Crippen LogP contribution in [0.2, 0.25) is 0 Å². The van der Waals surface area contributed by atoms with Crippen molar-refractivity contribution in [1.82, 2.24) is 5.32 Å². The van der Waals surface area contributed by atoms with Crippen LogP contribution in [0.5, 0.6) is 0 Å². The lowest BCUT2D eigenvalue weighted by molar-refractivity contribution is -0.00782. The van der Waals surface area contributed by atoms with Crippen LogP contribution in [0.15, 0.2) is 0 Å². The molecule has 2 rings (SSSR count). The molecule has 1 unspecified atom stereocenters. The molecular weight excluding hydrogens is 176 g/mol. The quantitative estimate of drug-likeness (QED) is 0.725. The highest BCUT2D eigenvalue weighted by molar-refractivity contribution is 5.13. The topological polar surface area (TPSA) is 21.3 Å². The lowest BCUT2D eigenvalue weighted by Gasteiger charge is -2.27. The van der Waals surface area contributed by atoms with Gasteiger partial charge in [0.1, 0.15) is 0 Å². The maximum absolute atomic E-state index is 13.1. The fourth-order valence-corrected chi connectivity index (χ4v) is 1.68. The monoisotopic (exact) mass is 191 g/mol. The van der Waals surface area contributed by atoms with E-state index in [1.54, 1.807) is 13.8 Å². The van der Waals surface area contributed by atoms with Crippen molar-refractivity contribution in [2.45, 2.75) is 25.9 Å². The van der Waals surface area contributed by atoms with Crippen LogP contribution >= 0.6 is 0 Å². The van der Waals surface area contributed by atoms with Crippen molar-refractivity contribution in [3.05, 3.63) is 0 Å². The molecule has 0 amide bonds. The van der Waals surface area contributed by atoms with Gasteiger partial charge in [-0.25, -0.2) is 8.78 Å². The Balaban J connectivity index is 1.77. The van der Waals surface area contributed by atoms with Gasteiger partial charge in [-0.3, -0.25) is 0 Å². The Labute approximate surface area is 76.6 Å². The molecule has 0 aromatic carbocycles. The summed E-state index contributed by atoms with van der Waals surface area (Å²) in [6.45, 7) is 5.00. The summed E-state index contributed by atoms with van der Waals surface area (Å²) in [5, 5.41) is 3.03. The number of hydrogen-bond acceptors (Lipinski definition) is 2. The van der Waals surface area contributed by atoms with Crippen molar-refractivity contribution in [2.75, 3.05) is 19.7 Å². The first-order chi connectivity index (χ1) is 5.96. The summed E-state index contributed by atoms with van der Waals surface area (Å²) in [6.07, 6.45) is 0.159. The van der Waals surface area contributed by atoms with Crippen LogP contribution in [-0.2, 0) is 4.74 Å². The fourth-order valence-electron chi connectivity index (χ4n) is 1.68. The summed E-state index contributed by atoms with van der Waals surface area (Å²) < 4.78 is 31.4. The Kier molecular flexibility index (Phi) is 1.90. The third-order valence-electron chi connectivity index (χ3n) is 3.33. The van der Waals surface area contributed by atoms with Gasteiger partial charge in [0, 0.05) is 18.5 Å². The molecule has 0 aromatic heterocycles. The lowest BCUT2D eigenvalue weighted by atomic mass is 10.1. The van der Waals surface area contributed by atoms with Gasteiger partial charge in [0.25, 0.3) is 5.92 Å². The standard InChI is InChI=1S/C9H15F2NO/c1-8(2)7(9(8,10)11)5-13-6-3-12-4-6/h6-7,12H,3-5H2,1-2H3. The fraction of sp³-hybridized carbons (Fsp3) is 1.00. The Morgan fingerprint density at radius 3 is 2.23 bits per heavy atom. The molecule has 1 atom stereocenters. The minimum absolute atomic E-state index is 0.159. The summed E-state index contributed by atoms with van der Waals surface area (Å²) >= 11 is 0. The molecular formula is C9H15F2NO. The third kappa shape index (κ3) is 1.27. The summed E-state index contributed by atoms with van der Waals surface area (Å²) in [4.78, 5) is 0. The van der Waals surface area contributed by atoms with Gasteiger partial charge in [-0.2, -0.15) is 0 Å². The maximum atomic E-state index is 13.1. The van der Waals surface area contributed by atoms with E-state index in [-0.39, 0.29) is 12.7 Å². The largest absolute Gasteiger partial charge is 0.375 e. The van der Waals surface area contributed by atoms with Gasteiger partial charge in [0.2, 0.25) is 0 Å². The van der Waals surface area contributed by atoms with E-state index in [2.05, 4.69) is 5.32 Å². The van der Waals surface area contributed by atoms with Crippen molar-refractivity contribution in [3.8, 4) is 0 Å². The van der Waals surface area contributed by atoms with Gasteiger partial charge >= 0.3 is 0 Å². The number of hydrogen-bond donors (Lipinski definition) is 1. The molecule has 0 aromatic rings. The highest BCUT2D eigenvalue weighted by Crippen LogP contribution is 2.65. The van der Waals surface area contributed by atoms with Crippen LogP contribution in [0.4, 0.5) is 8.78 Å². The normalized spacial score (nSPS) is 35.5. The van der Waals surface area contributed by atoms with E-state index in [9.17, 15) is 8.78 Å². The molecule has 1 saturated carbocycles. The molecule has 1 N–H and O–H groups in total. The number of rotatable bonds is 3. The van der Waals surface area contributed by atoms with Gasteiger partial charge in [-0.15, -0.1) is 0 Å². The second kappa shape index (κ2) is 2.64. The van der Waals surface area contributed by atoms with Crippen LogP contribution < -0.4 is 5.32 Å². The van der Waals surface area contributed by atoms with Gasteiger partial charge in [-0.05, 0) is 0 Å². The number of nitrogens with one attached hydrogen (secondary N) is 1. The summed E-state index contributed by atoms with van der Waals surface area (Å²) in [7, 11) is 0. The van der Waals surface area contributed by atoms with E-state index in [4.69, 9.17) is 4.74 Å². The Morgan fingerprint density at radius 1 is 1.38 bits per heavy atom. The van der Waals surface area contributed by atoms with Crippen molar-refractivity contribution in [1.29, 1.82) is 0 Å². The lowest BCUT2D eigenvalue weighted by Crippen LogP contribution is -2.48. The first-order valence-corrected chi connectivity index (χ1v) is 4.66. The van der Waals surface area contributed by atoms with Crippen LogP contribution in [0.3, 0.4) is 0 Å². The zero-order valence-electron chi connectivity index (χ0n) is 7.94. The summed E-state index contributed by atoms with van der Waals surface area (Å²) in [5.41, 5.74) is -0.857. The molecule has 76 valence electrons. The summed E-state index contributed by atoms with van der Waals surface area (Å²) in [5.74, 6) is -3.11. The zero-order chi connectivity index (χ0) is 9.69. The smallest absolute Gasteiger partial charge is 0.259 e. The zero-order valence-corrected chi connectivity index (χ0v) is 7.94. The molecule has 1 aliphatic heterocycles. The van der Waals surface area contributed by atoms with E-state index in [1.165, 1.54) is 0 Å². The van der Waals surface area contributed by atoms with Gasteiger partial charge < -0.3 is 10.1 Å². The van der Waals surface area contributed by atoms with Crippen molar-refractivity contribution in [2.24, 2.45) is 11.3 Å². The Morgan fingerprint density at radius 2 is 1.92 bits per heavy atom. The van der Waals surface area contributed by atoms with Crippen LogP contribution in [-0.4, -0.2) is 31.7 Å². The molecule has 1 heterocycles. The Bertz CT molecular complexity index is 200. The molecule has 0 spiro atoms. The second-order valence-corrected chi connectivity index (χ2v) is 4.51. The average Bonchev–Trinajstić information content (AvgIpc) is 2.27. The molecule has 4 heteroatoms. The number of alkyl halides is 2. The molecule has 0 bridgehead atoms. The molecule has 1 saturated heterocycles. The van der Waals surface area contributed by atoms with Gasteiger partial charge in [-0.1, -0.05) is 13.8 Å². The highest BCUT2D eigenvalue weighted by atomic mass is 19.3. The molecule has 0 radical (unpaired) electrons. The van der Waals surface area contributed by atoms with E-state index >= 15 is 0 Å². The number of halogens is 2. The third-order valence-corrected chi connectivity index (χ3v) is 3.33. The molecule has 13 heavy (non-hydrogen) atoms. The van der Waals surface area contributed by atoms with Crippen LogP contribution in [0.25, 0.3) is 0 Å². The van der Waals surface area contributed by atoms with E-state index in [1.807, 2.05) is 0 Å². The average molecular weight is 191 g/mol. The van der Waals surface area contributed by atoms with Crippen molar-refractivity contribution in [3.63, 3.8) is 0 Å². The van der Waals surface area contributed by atoms with Crippen LogP contribution in [0, 0.1) is 11.3 Å². The Hall–Kier alpha value is -0.220. The maximum Gasteiger partial charge on any atom is 0.259 e. The molecule has 1 aliphatic carbocycles. The van der Waals surface area contributed by atoms with E-state index in [0.29, 0.717) is 0 Å². The highest BCUT2D eigenvalue weighted by Gasteiger charge is 2.74. The van der Waals surface area contributed by atoms with Gasteiger partial charge in [0.05, 0.1) is 18.6 Å². The first-order valence-electron chi connectivity index (χ1n) is 4.66. The van der Waals surface area contributed by atoms with E-state index < -0.39 is 17.3 Å². The van der Waals surface area contributed by atoms with Crippen molar-refractivity contribution < 1.29 is 13.5 Å². The predicted molar refractivity (Wildman–Crippen MR) is 44.8 cm³/mol. The SMILES string of the molecule is CC1(C)C(COC2CNC2)C1(F)F. The minimum atomic E-state index is -2.52. The van der Waals surface area contributed by atoms with Crippen LogP contribution in [0.1, 0.15) is 13.8 Å². The molecule has 2 nitrogen and oxygen atoms in total. The minimum Gasteiger partial charge on any atom is -0.375 e. The second-order valence-electron chi connectivity index (χ2n) is 4.51. The molecule has 2 aliphatic rings. The number of ether oxygens (including phenoxy) is 1. The molecule has 2 fully saturated rings. The van der Waals surface area contributed by atoms with Gasteiger partial charge in [0.15, 0.2) is 0 Å². The predicted octanol–water partition coefficient (Wildman–Crippen LogP) is 1.27. The first kappa shape index (κ1) is 9.34. The van der Waals surface area contributed by atoms with E-state index in [0.717, 1.165) is 13.1 Å². The van der Waals surface area contributed by atoms with Crippen molar-refractivity contribution >= 4 is 0 Å². The summed E-state index contributed by atoms with van der Waals surface area (Å²) in [6, 6.07) is 0.